The van der Waals surface area contributed by atoms with Crippen molar-refractivity contribution >= 4 is 11.6 Å². The van der Waals surface area contributed by atoms with E-state index in [9.17, 15) is 18.0 Å². The number of nitrogens with zero attached hydrogens (tertiary/aromatic N) is 3. The van der Waals surface area contributed by atoms with Gasteiger partial charge in [-0.15, -0.1) is 0 Å². The van der Waals surface area contributed by atoms with Gasteiger partial charge in [-0.25, -0.2) is 9.97 Å². The van der Waals surface area contributed by atoms with Crippen LogP contribution < -0.4 is 9.64 Å². The number of carbonyl (C=O) groups is 1. The van der Waals surface area contributed by atoms with Crippen molar-refractivity contribution in [3.05, 3.63) is 47.9 Å². The Morgan fingerprint density at radius 2 is 1.93 bits per heavy atom. The fraction of sp³-hybridized carbons (Fsp3) is 0.421. The lowest BCUT2D eigenvalue weighted by Crippen LogP contribution is -2.54. The molecule has 144 valence electrons. The molecule has 0 saturated carbocycles. The third-order valence-electron chi connectivity index (χ3n) is 4.46. The Bertz CT molecular complexity index is 803. The molecule has 0 aliphatic carbocycles. The number of benzene rings is 1. The van der Waals surface area contributed by atoms with Gasteiger partial charge in [-0.2, -0.15) is 13.2 Å². The van der Waals surface area contributed by atoms with E-state index in [1.165, 1.54) is 0 Å². The minimum atomic E-state index is -4.49. The van der Waals surface area contributed by atoms with Crippen molar-refractivity contribution in [2.45, 2.75) is 38.5 Å². The molecule has 1 saturated heterocycles. The van der Waals surface area contributed by atoms with Crippen LogP contribution in [0.1, 0.15) is 37.4 Å². The van der Waals surface area contributed by atoms with Crippen molar-refractivity contribution < 1.29 is 22.7 Å². The number of aromatic nitrogens is 2. The highest BCUT2D eigenvalue weighted by Crippen LogP contribution is 2.31. The van der Waals surface area contributed by atoms with Crippen LogP contribution in [-0.2, 0) is 11.0 Å². The van der Waals surface area contributed by atoms with Crippen LogP contribution in [0.15, 0.2) is 36.7 Å². The summed E-state index contributed by atoms with van der Waals surface area (Å²) < 4.78 is 44.0. The number of rotatable bonds is 6. The number of anilines is 1. The molecule has 1 aliphatic rings. The Morgan fingerprint density at radius 3 is 2.52 bits per heavy atom. The predicted molar refractivity (Wildman–Crippen MR) is 93.8 cm³/mol. The third kappa shape index (κ3) is 4.75. The van der Waals surface area contributed by atoms with E-state index in [2.05, 4.69) is 9.97 Å². The molecule has 1 aliphatic heterocycles. The summed E-state index contributed by atoms with van der Waals surface area (Å²) >= 11 is 0. The molecule has 2 heterocycles. The summed E-state index contributed by atoms with van der Waals surface area (Å²) in [7, 11) is 0. The van der Waals surface area contributed by atoms with Crippen LogP contribution >= 0.6 is 0 Å². The zero-order chi connectivity index (χ0) is 19.6. The van der Waals surface area contributed by atoms with Gasteiger partial charge in [0.05, 0.1) is 13.1 Å². The first kappa shape index (κ1) is 19.1. The van der Waals surface area contributed by atoms with Gasteiger partial charge in [0.25, 0.3) is 0 Å². The van der Waals surface area contributed by atoms with Gasteiger partial charge in [0, 0.05) is 12.5 Å². The minimum Gasteiger partial charge on any atom is -0.487 e. The Balaban J connectivity index is 1.54. The summed E-state index contributed by atoms with van der Waals surface area (Å²) in [5.41, 5.74) is 0.112. The van der Waals surface area contributed by atoms with Crippen LogP contribution in [0.3, 0.4) is 0 Å². The molecule has 1 atom stereocenters. The third-order valence-corrected chi connectivity index (χ3v) is 4.46. The molecule has 1 aromatic carbocycles. The molecule has 1 aromatic heterocycles. The van der Waals surface area contributed by atoms with Crippen molar-refractivity contribution in [1.82, 2.24) is 9.97 Å². The van der Waals surface area contributed by atoms with E-state index in [0.717, 1.165) is 18.0 Å². The van der Waals surface area contributed by atoms with Gasteiger partial charge in [-0.3, -0.25) is 0 Å². The molecule has 0 spiro atoms. The largest absolute Gasteiger partial charge is 0.487 e. The summed E-state index contributed by atoms with van der Waals surface area (Å²) in [6.45, 7) is 4.48. The number of ether oxygens (including phenoxy) is 1. The molecule has 0 radical (unpaired) electrons. The number of alkyl halides is 3. The van der Waals surface area contributed by atoms with Crippen molar-refractivity contribution in [1.29, 1.82) is 0 Å². The normalized spacial score (nSPS) is 16.0. The fourth-order valence-corrected chi connectivity index (χ4v) is 2.99. The number of hydrogen-bond donors (Lipinski definition) is 0. The molecule has 1 fully saturated rings. The summed E-state index contributed by atoms with van der Waals surface area (Å²) in [4.78, 5) is 20.1. The second-order valence-corrected chi connectivity index (χ2v) is 6.78. The number of halogens is 3. The zero-order valence-electron chi connectivity index (χ0n) is 15.0. The smallest absolute Gasteiger partial charge is 0.433 e. The summed E-state index contributed by atoms with van der Waals surface area (Å²) in [6.07, 6.45) is -3.18. The van der Waals surface area contributed by atoms with Crippen LogP contribution in [0.25, 0.3) is 0 Å². The molecule has 5 nitrogen and oxygen atoms in total. The van der Waals surface area contributed by atoms with E-state index in [1.54, 1.807) is 11.8 Å². The van der Waals surface area contributed by atoms with Crippen LogP contribution in [0.4, 0.5) is 19.0 Å². The maximum Gasteiger partial charge on any atom is 0.433 e. The topological polar surface area (TPSA) is 55.3 Å². The lowest BCUT2D eigenvalue weighted by atomic mass is 9.96. The minimum absolute atomic E-state index is 0.116. The summed E-state index contributed by atoms with van der Waals surface area (Å²) in [5.74, 6) is 1.23. The Labute approximate surface area is 155 Å². The zero-order valence-corrected chi connectivity index (χ0v) is 15.0. The number of hydrogen-bond acceptors (Lipinski definition) is 5. The quantitative estimate of drug-likeness (QED) is 0.763. The molecule has 8 heteroatoms. The molecular weight excluding hydrogens is 359 g/mol. The van der Waals surface area contributed by atoms with Crippen molar-refractivity contribution in [2.24, 2.45) is 0 Å². The molecular formula is C19H20F3N3O2. The summed E-state index contributed by atoms with van der Waals surface area (Å²) in [6, 6.07) is 8.50. The van der Waals surface area contributed by atoms with Gasteiger partial charge in [-0.05, 0) is 30.5 Å². The first-order valence-corrected chi connectivity index (χ1v) is 8.62. The van der Waals surface area contributed by atoms with E-state index < -0.39 is 11.9 Å². The molecule has 2 aromatic rings. The van der Waals surface area contributed by atoms with Gasteiger partial charge >= 0.3 is 6.18 Å². The van der Waals surface area contributed by atoms with Crippen LogP contribution in [0.2, 0.25) is 0 Å². The predicted octanol–water partition coefficient (Wildman–Crippen LogP) is 3.85. The number of carbonyl (C=O) groups excluding carboxylic acids is 1. The first-order chi connectivity index (χ1) is 12.7. The maximum atomic E-state index is 12.7. The lowest BCUT2D eigenvalue weighted by Gasteiger charge is -2.39. The Kier molecular flexibility index (Phi) is 5.34. The Hall–Kier alpha value is -2.64. The number of ketones is 1. The van der Waals surface area contributed by atoms with Crippen molar-refractivity contribution in [2.75, 3.05) is 18.0 Å². The van der Waals surface area contributed by atoms with E-state index in [4.69, 9.17) is 4.74 Å². The maximum absolute atomic E-state index is 12.7. The lowest BCUT2D eigenvalue weighted by molar-refractivity contribution is -0.141. The molecule has 0 N–H and O–H groups in total. The van der Waals surface area contributed by atoms with Crippen LogP contribution in [0, 0.1) is 0 Å². The van der Waals surface area contributed by atoms with Gasteiger partial charge < -0.3 is 14.4 Å². The van der Waals surface area contributed by atoms with E-state index >= 15 is 0 Å². The Morgan fingerprint density at radius 1 is 1.26 bits per heavy atom. The highest BCUT2D eigenvalue weighted by molar-refractivity contribution is 5.76. The van der Waals surface area contributed by atoms with Crippen molar-refractivity contribution in [3.8, 4) is 5.75 Å². The second kappa shape index (κ2) is 7.54. The number of Topliss-reactive ketones (excluding diaryl/α,β-unsaturated/α-hetero) is 1. The van der Waals surface area contributed by atoms with E-state index in [1.807, 2.05) is 31.2 Å². The molecule has 3 rings (SSSR count). The fourth-order valence-electron chi connectivity index (χ4n) is 2.99. The average Bonchev–Trinajstić information content (AvgIpc) is 2.57. The van der Waals surface area contributed by atoms with Crippen LogP contribution in [0.5, 0.6) is 5.75 Å². The standard InChI is InChI=1S/C19H20F3N3O2/c1-12(7-13(2)26)14-3-5-15(6-4-14)27-16-9-25(10-16)18-8-17(19(20,21)22)23-11-24-18/h3-6,8,11-12,16H,7,9-10H2,1-2H3/t12-/m1/s1. The van der Waals surface area contributed by atoms with Crippen LogP contribution in [-0.4, -0.2) is 34.9 Å². The van der Waals surface area contributed by atoms with Crippen molar-refractivity contribution in [3.63, 3.8) is 0 Å². The molecule has 0 unspecified atom stereocenters. The molecule has 27 heavy (non-hydrogen) atoms. The highest BCUT2D eigenvalue weighted by atomic mass is 19.4. The first-order valence-electron chi connectivity index (χ1n) is 8.62. The SMILES string of the molecule is CC(=O)C[C@@H](C)c1ccc(OC2CN(c3cc(C(F)(F)F)ncn3)C2)cc1. The monoisotopic (exact) mass is 379 g/mol. The second-order valence-electron chi connectivity index (χ2n) is 6.78. The van der Waals surface area contributed by atoms with Gasteiger partial charge in [0.15, 0.2) is 0 Å². The highest BCUT2D eigenvalue weighted by Gasteiger charge is 2.35. The van der Waals surface area contributed by atoms with Gasteiger partial charge in [0.1, 0.15) is 35.5 Å². The molecule has 0 bridgehead atoms. The van der Waals surface area contributed by atoms with E-state index in [0.29, 0.717) is 25.3 Å². The van der Waals surface area contributed by atoms with E-state index in [-0.39, 0.29) is 23.6 Å². The average molecular weight is 379 g/mol. The molecule has 0 amide bonds. The summed E-state index contributed by atoms with van der Waals surface area (Å²) in [5, 5.41) is 0. The van der Waals surface area contributed by atoms with Gasteiger partial charge in [-0.1, -0.05) is 19.1 Å². The van der Waals surface area contributed by atoms with Gasteiger partial charge in [0.2, 0.25) is 0 Å².